The van der Waals surface area contributed by atoms with Crippen LogP contribution in [0.3, 0.4) is 0 Å². The van der Waals surface area contributed by atoms with Gasteiger partial charge in [-0.05, 0) is 51.7 Å². The molecule has 108 valence electrons. The summed E-state index contributed by atoms with van der Waals surface area (Å²) in [4.78, 5) is 2.40. The minimum atomic E-state index is -0.709. The van der Waals surface area contributed by atoms with E-state index in [9.17, 15) is 5.11 Å². The van der Waals surface area contributed by atoms with Gasteiger partial charge in [-0.15, -0.1) is 0 Å². The lowest BCUT2D eigenvalue weighted by Crippen LogP contribution is -2.34. The second-order valence-electron chi connectivity index (χ2n) is 5.52. The van der Waals surface area contributed by atoms with Crippen molar-refractivity contribution in [2.45, 2.75) is 45.6 Å². The quantitative estimate of drug-likeness (QED) is 0.710. The highest BCUT2D eigenvalue weighted by Crippen LogP contribution is 2.20. The van der Waals surface area contributed by atoms with Crippen molar-refractivity contribution < 1.29 is 5.11 Å². The molecule has 1 atom stereocenters. The summed E-state index contributed by atoms with van der Waals surface area (Å²) in [5.74, 6) is 0. The number of aliphatic hydroxyl groups is 1. The minimum absolute atomic E-state index is 0.336. The molecule has 1 rings (SSSR count). The smallest absolute Gasteiger partial charge is 0.0741 e. The number of unbranched alkanes of at least 4 members (excludes halogenated alkanes) is 1. The van der Waals surface area contributed by atoms with Gasteiger partial charge in [-0.3, -0.25) is 0 Å². The molecule has 3 nitrogen and oxygen atoms in total. The number of aryl methyl sites for hydroxylation is 1. The zero-order chi connectivity index (χ0) is 14.3. The fraction of sp³-hybridized carbons (Fsp3) is 0.625. The highest BCUT2D eigenvalue weighted by Gasteiger charge is 2.17. The molecule has 1 aromatic rings. The molecule has 3 heteroatoms. The van der Waals surface area contributed by atoms with E-state index >= 15 is 0 Å². The molecular weight excluding hydrogens is 236 g/mol. The Morgan fingerprint density at radius 1 is 1.26 bits per heavy atom. The molecule has 19 heavy (non-hydrogen) atoms. The van der Waals surface area contributed by atoms with Crippen LogP contribution < -0.4 is 10.6 Å². The third-order valence-electron chi connectivity index (χ3n) is 3.67. The molecule has 1 aromatic carbocycles. The van der Waals surface area contributed by atoms with Crippen LogP contribution in [0.15, 0.2) is 24.3 Å². The van der Waals surface area contributed by atoms with Crippen LogP contribution in [0.1, 0.15) is 38.7 Å². The number of hydrogen-bond acceptors (Lipinski definition) is 3. The van der Waals surface area contributed by atoms with E-state index in [1.54, 1.807) is 0 Å². The zero-order valence-corrected chi connectivity index (χ0v) is 12.5. The van der Waals surface area contributed by atoms with Gasteiger partial charge in [-0.25, -0.2) is 0 Å². The lowest BCUT2D eigenvalue weighted by atomic mass is 9.99. The molecule has 0 saturated carbocycles. The first kappa shape index (κ1) is 16.0. The van der Waals surface area contributed by atoms with Crippen molar-refractivity contribution in [3.8, 4) is 0 Å². The number of para-hydroxylation sites is 1. The molecule has 0 heterocycles. The number of benzene rings is 1. The van der Waals surface area contributed by atoms with Gasteiger partial charge in [0, 0.05) is 25.3 Å². The number of rotatable bonds is 8. The summed E-state index contributed by atoms with van der Waals surface area (Å²) in [6.07, 6.45) is 2.86. The summed E-state index contributed by atoms with van der Waals surface area (Å²) in [6.45, 7) is 8.52. The van der Waals surface area contributed by atoms with E-state index in [1.165, 1.54) is 11.3 Å². The number of nitrogens with zero attached hydrogens (tertiary/aromatic N) is 1. The second-order valence-corrected chi connectivity index (χ2v) is 5.52. The van der Waals surface area contributed by atoms with Crippen molar-refractivity contribution in [3.63, 3.8) is 0 Å². The topological polar surface area (TPSA) is 49.5 Å². The fourth-order valence-electron chi connectivity index (χ4n) is 2.28. The van der Waals surface area contributed by atoms with Crippen molar-refractivity contribution in [1.82, 2.24) is 0 Å². The predicted octanol–water partition coefficient (Wildman–Crippen LogP) is 2.70. The van der Waals surface area contributed by atoms with Crippen molar-refractivity contribution in [1.29, 1.82) is 0 Å². The Bertz CT molecular complexity index is 377. The molecule has 0 bridgehead atoms. The van der Waals surface area contributed by atoms with E-state index in [2.05, 4.69) is 43.0 Å². The first-order valence-electron chi connectivity index (χ1n) is 7.23. The van der Waals surface area contributed by atoms with Gasteiger partial charge in [0.25, 0.3) is 0 Å². The van der Waals surface area contributed by atoms with E-state index in [1.807, 2.05) is 6.92 Å². The van der Waals surface area contributed by atoms with Crippen LogP contribution in [-0.4, -0.2) is 30.3 Å². The third kappa shape index (κ3) is 5.21. The number of nitrogens with two attached hydrogens (primary N) is 1. The van der Waals surface area contributed by atoms with Crippen LogP contribution >= 0.6 is 0 Å². The SMILES string of the molecule is CCN(CCCCC(C)(O)CN)c1ccccc1C. The first-order valence-corrected chi connectivity index (χ1v) is 7.23. The summed E-state index contributed by atoms with van der Waals surface area (Å²) in [5, 5.41) is 9.87. The van der Waals surface area contributed by atoms with Crippen molar-refractivity contribution in [2.75, 3.05) is 24.5 Å². The maximum absolute atomic E-state index is 9.87. The minimum Gasteiger partial charge on any atom is -0.389 e. The predicted molar refractivity (Wildman–Crippen MR) is 82.6 cm³/mol. The summed E-state index contributed by atoms with van der Waals surface area (Å²) in [5.41, 5.74) is 7.45. The maximum atomic E-state index is 9.87. The Labute approximate surface area is 117 Å². The zero-order valence-electron chi connectivity index (χ0n) is 12.5. The van der Waals surface area contributed by atoms with Gasteiger partial charge in [-0.2, -0.15) is 0 Å². The normalized spacial score (nSPS) is 14.2. The monoisotopic (exact) mass is 264 g/mol. The molecule has 0 aliphatic rings. The fourth-order valence-corrected chi connectivity index (χ4v) is 2.28. The van der Waals surface area contributed by atoms with Crippen LogP contribution in [0.25, 0.3) is 0 Å². The van der Waals surface area contributed by atoms with Crippen LogP contribution in [0.5, 0.6) is 0 Å². The van der Waals surface area contributed by atoms with Gasteiger partial charge in [0.15, 0.2) is 0 Å². The molecule has 0 saturated heterocycles. The Hall–Kier alpha value is -1.06. The van der Waals surface area contributed by atoms with Gasteiger partial charge in [0.2, 0.25) is 0 Å². The standard InChI is InChI=1S/C16H28N2O/c1-4-18(15-10-6-5-9-14(15)2)12-8-7-11-16(3,19)13-17/h5-6,9-10,19H,4,7-8,11-13,17H2,1-3H3. The van der Waals surface area contributed by atoms with E-state index in [0.717, 1.165) is 32.4 Å². The van der Waals surface area contributed by atoms with Gasteiger partial charge in [-0.1, -0.05) is 18.2 Å². The lowest BCUT2D eigenvalue weighted by molar-refractivity contribution is 0.0574. The Morgan fingerprint density at radius 2 is 1.95 bits per heavy atom. The van der Waals surface area contributed by atoms with E-state index in [-0.39, 0.29) is 0 Å². The van der Waals surface area contributed by atoms with Gasteiger partial charge >= 0.3 is 0 Å². The molecule has 3 N–H and O–H groups in total. The van der Waals surface area contributed by atoms with Crippen molar-refractivity contribution in [3.05, 3.63) is 29.8 Å². The third-order valence-corrected chi connectivity index (χ3v) is 3.67. The number of anilines is 1. The molecule has 1 unspecified atom stereocenters. The van der Waals surface area contributed by atoms with E-state index < -0.39 is 5.60 Å². The first-order chi connectivity index (χ1) is 9.00. The van der Waals surface area contributed by atoms with Gasteiger partial charge in [0.05, 0.1) is 5.60 Å². The average Bonchev–Trinajstić information content (AvgIpc) is 2.40. The summed E-state index contributed by atoms with van der Waals surface area (Å²) >= 11 is 0. The van der Waals surface area contributed by atoms with Crippen LogP contribution in [0.2, 0.25) is 0 Å². The van der Waals surface area contributed by atoms with E-state index in [0.29, 0.717) is 6.54 Å². The van der Waals surface area contributed by atoms with Crippen LogP contribution in [-0.2, 0) is 0 Å². The van der Waals surface area contributed by atoms with Gasteiger partial charge < -0.3 is 15.7 Å². The van der Waals surface area contributed by atoms with Crippen LogP contribution in [0, 0.1) is 6.92 Å². The molecule has 0 aromatic heterocycles. The molecule has 0 spiro atoms. The lowest BCUT2D eigenvalue weighted by Gasteiger charge is -2.26. The molecule has 0 fully saturated rings. The van der Waals surface area contributed by atoms with E-state index in [4.69, 9.17) is 5.73 Å². The largest absolute Gasteiger partial charge is 0.389 e. The maximum Gasteiger partial charge on any atom is 0.0741 e. The Balaban J connectivity index is 2.44. The Morgan fingerprint density at radius 3 is 2.53 bits per heavy atom. The molecule has 0 aliphatic heterocycles. The summed E-state index contributed by atoms with van der Waals surface area (Å²) in [7, 11) is 0. The van der Waals surface area contributed by atoms with Crippen molar-refractivity contribution >= 4 is 5.69 Å². The molecular formula is C16H28N2O. The summed E-state index contributed by atoms with van der Waals surface area (Å²) < 4.78 is 0. The number of hydrogen-bond donors (Lipinski definition) is 2. The highest BCUT2D eigenvalue weighted by molar-refractivity contribution is 5.52. The Kier molecular flexibility index (Phi) is 6.32. The molecule has 0 radical (unpaired) electrons. The van der Waals surface area contributed by atoms with Gasteiger partial charge in [0.1, 0.15) is 0 Å². The second kappa shape index (κ2) is 7.51. The average molecular weight is 264 g/mol. The highest BCUT2D eigenvalue weighted by atomic mass is 16.3. The van der Waals surface area contributed by atoms with Crippen molar-refractivity contribution in [2.24, 2.45) is 5.73 Å². The molecule has 0 aliphatic carbocycles. The molecule has 0 amide bonds. The summed E-state index contributed by atoms with van der Waals surface area (Å²) in [6, 6.07) is 8.49. The van der Waals surface area contributed by atoms with Crippen LogP contribution in [0.4, 0.5) is 5.69 Å².